The van der Waals surface area contributed by atoms with Crippen LogP contribution in [0.3, 0.4) is 0 Å². The third kappa shape index (κ3) is 6.25. The third-order valence-electron chi connectivity index (χ3n) is 6.12. The van der Waals surface area contributed by atoms with E-state index in [1.807, 2.05) is 4.90 Å². The summed E-state index contributed by atoms with van der Waals surface area (Å²) in [7, 11) is 3.19. The first-order valence-corrected chi connectivity index (χ1v) is 11.5. The molecule has 1 aliphatic heterocycles. The van der Waals surface area contributed by atoms with Gasteiger partial charge in [-0.25, -0.2) is 4.98 Å². The predicted octanol–water partition coefficient (Wildman–Crippen LogP) is 4.31. The topological polar surface area (TPSA) is 79.3 Å². The molecule has 37 heavy (non-hydrogen) atoms. The van der Waals surface area contributed by atoms with Crippen molar-refractivity contribution >= 4 is 11.8 Å². The second kappa shape index (κ2) is 9.99. The quantitative estimate of drug-likeness (QED) is 0.575. The van der Waals surface area contributed by atoms with Gasteiger partial charge in [-0.15, -0.1) is 0 Å². The van der Waals surface area contributed by atoms with Crippen LogP contribution >= 0.6 is 0 Å². The lowest BCUT2D eigenvalue weighted by Gasteiger charge is -2.29. The smallest absolute Gasteiger partial charge is 0.357 e. The Balaban J connectivity index is 2.20. The summed E-state index contributed by atoms with van der Waals surface area (Å²) >= 11 is 0. The maximum absolute atomic E-state index is 13.5. The van der Waals surface area contributed by atoms with Crippen molar-refractivity contribution in [3.63, 3.8) is 0 Å². The van der Waals surface area contributed by atoms with Crippen LogP contribution in [0.4, 0.5) is 26.3 Å². The van der Waals surface area contributed by atoms with Crippen LogP contribution in [0.15, 0.2) is 18.2 Å². The van der Waals surface area contributed by atoms with E-state index >= 15 is 0 Å². The molecule has 13 heteroatoms. The lowest BCUT2D eigenvalue weighted by atomic mass is 9.86. The van der Waals surface area contributed by atoms with Gasteiger partial charge in [-0.3, -0.25) is 9.59 Å². The zero-order chi connectivity index (χ0) is 27.9. The van der Waals surface area contributed by atoms with Gasteiger partial charge in [-0.2, -0.15) is 26.3 Å². The molecule has 1 atom stereocenters. The van der Waals surface area contributed by atoms with Crippen molar-refractivity contribution in [1.82, 2.24) is 25.1 Å². The van der Waals surface area contributed by atoms with Gasteiger partial charge in [-0.1, -0.05) is 20.8 Å². The minimum absolute atomic E-state index is 0.0501. The van der Waals surface area contributed by atoms with Gasteiger partial charge in [0.1, 0.15) is 11.9 Å². The molecule has 7 nitrogen and oxygen atoms in total. The van der Waals surface area contributed by atoms with E-state index in [0.717, 1.165) is 0 Å². The molecule has 0 bridgehead atoms. The number of halogens is 6. The van der Waals surface area contributed by atoms with Gasteiger partial charge in [0.25, 0.3) is 5.91 Å². The van der Waals surface area contributed by atoms with Crippen molar-refractivity contribution in [2.45, 2.75) is 58.7 Å². The number of benzene rings is 1. The largest absolute Gasteiger partial charge is 0.416 e. The zero-order valence-corrected chi connectivity index (χ0v) is 21.1. The van der Waals surface area contributed by atoms with E-state index in [0.29, 0.717) is 30.8 Å². The summed E-state index contributed by atoms with van der Waals surface area (Å²) < 4.78 is 82.5. The van der Waals surface area contributed by atoms with Gasteiger partial charge < -0.3 is 20.1 Å². The third-order valence-corrected chi connectivity index (χ3v) is 6.12. The molecule has 2 amide bonds. The Morgan fingerprint density at radius 3 is 2.03 bits per heavy atom. The normalized spacial score (nSPS) is 16.1. The number of hydrogen-bond donors (Lipinski definition) is 2. The molecule has 0 saturated carbocycles. The number of fused-ring (bicyclic) bond motifs is 1. The van der Waals surface area contributed by atoms with Gasteiger partial charge in [0.2, 0.25) is 5.91 Å². The van der Waals surface area contributed by atoms with E-state index in [2.05, 4.69) is 15.6 Å². The van der Waals surface area contributed by atoms with Gasteiger partial charge in [0.05, 0.1) is 16.8 Å². The van der Waals surface area contributed by atoms with Gasteiger partial charge in [0, 0.05) is 25.7 Å². The molecule has 1 aromatic carbocycles. The fourth-order valence-electron chi connectivity index (χ4n) is 4.23. The van der Waals surface area contributed by atoms with E-state index in [1.165, 1.54) is 11.6 Å². The summed E-state index contributed by atoms with van der Waals surface area (Å²) in [6, 6.07) is 0.279. The molecule has 2 heterocycles. The highest BCUT2D eigenvalue weighted by molar-refractivity contribution is 5.98. The fraction of sp³-hybridized carbons (Fsp3) is 0.542. The average molecular weight is 534 g/mol. The Labute approximate surface area is 210 Å². The molecule has 204 valence electrons. The number of hydrogen-bond acceptors (Lipinski definition) is 4. The summed E-state index contributed by atoms with van der Waals surface area (Å²) in [6.45, 7) is 6.21. The molecule has 2 N–H and O–H groups in total. The molecule has 0 aliphatic carbocycles. The van der Waals surface area contributed by atoms with Gasteiger partial charge in [0.15, 0.2) is 5.69 Å². The summed E-state index contributed by atoms with van der Waals surface area (Å²) in [4.78, 5) is 31.9. The number of likely N-dealkylation sites (N-methyl/N-ethyl adjacent to an activating group) is 1. The highest BCUT2D eigenvalue weighted by Crippen LogP contribution is 2.39. The predicted molar refractivity (Wildman–Crippen MR) is 123 cm³/mol. The number of alkyl halides is 6. The molecular weight excluding hydrogens is 504 g/mol. The number of nitrogens with one attached hydrogen (secondary N) is 2. The zero-order valence-electron chi connectivity index (χ0n) is 21.1. The molecule has 1 aromatic heterocycles. The van der Waals surface area contributed by atoms with Gasteiger partial charge >= 0.3 is 12.4 Å². The van der Waals surface area contributed by atoms with Crippen molar-refractivity contribution in [1.29, 1.82) is 0 Å². The van der Waals surface area contributed by atoms with Crippen molar-refractivity contribution in [2.75, 3.05) is 20.6 Å². The highest BCUT2D eigenvalue weighted by atomic mass is 19.4. The van der Waals surface area contributed by atoms with Crippen molar-refractivity contribution < 1.29 is 35.9 Å². The molecule has 3 rings (SSSR count). The number of carbonyl (C=O) groups excluding carboxylic acids is 2. The highest BCUT2D eigenvalue weighted by Gasteiger charge is 2.39. The molecule has 0 fully saturated rings. The molecule has 0 unspecified atom stereocenters. The summed E-state index contributed by atoms with van der Waals surface area (Å²) in [5, 5.41) is 5.12. The summed E-state index contributed by atoms with van der Waals surface area (Å²) in [5.41, 5.74) is -3.88. The number of nitrogens with zero attached hydrogens (tertiary/aromatic N) is 3. The van der Waals surface area contributed by atoms with Crippen LogP contribution in [0, 0.1) is 5.41 Å². The first kappa shape index (κ1) is 28.5. The van der Waals surface area contributed by atoms with Crippen LogP contribution in [0.1, 0.15) is 54.5 Å². The van der Waals surface area contributed by atoms with Crippen LogP contribution in [0.2, 0.25) is 0 Å². The Bertz CT molecular complexity index is 1150. The Hall–Kier alpha value is -3.09. The molecular formula is C24H29F6N5O2. The first-order chi connectivity index (χ1) is 16.9. The molecule has 0 radical (unpaired) electrons. The van der Waals surface area contributed by atoms with Crippen molar-refractivity contribution in [3.05, 3.63) is 40.7 Å². The van der Waals surface area contributed by atoms with Crippen molar-refractivity contribution in [3.8, 4) is 11.4 Å². The number of aromatic nitrogens is 2. The average Bonchev–Trinajstić information content (AvgIpc) is 3.01. The van der Waals surface area contributed by atoms with E-state index in [4.69, 9.17) is 0 Å². The van der Waals surface area contributed by atoms with Crippen molar-refractivity contribution in [2.24, 2.45) is 5.41 Å². The van der Waals surface area contributed by atoms with E-state index in [-0.39, 0.29) is 30.7 Å². The second-order valence-electron chi connectivity index (χ2n) is 10.2. The van der Waals surface area contributed by atoms with E-state index in [9.17, 15) is 35.9 Å². The number of imidazole rings is 1. The van der Waals surface area contributed by atoms with Crippen LogP contribution in [-0.4, -0.2) is 52.9 Å². The first-order valence-electron chi connectivity index (χ1n) is 11.5. The number of amides is 2. The lowest BCUT2D eigenvalue weighted by molar-refractivity contribution is -0.143. The SMILES string of the molecule is CNC(=O)[C@@H](NC(=O)c1nc(-c2cc(C(F)(F)F)cc(C(F)(F)F)c2)n2c1CN(C)CCC2)C(C)(C)C. The fourth-order valence-corrected chi connectivity index (χ4v) is 4.23. The van der Waals surface area contributed by atoms with Crippen LogP contribution in [-0.2, 0) is 30.2 Å². The Morgan fingerprint density at radius 2 is 1.54 bits per heavy atom. The van der Waals surface area contributed by atoms with Crippen LogP contribution in [0.25, 0.3) is 11.4 Å². The molecule has 2 aromatic rings. The van der Waals surface area contributed by atoms with Gasteiger partial charge in [-0.05, 0) is 43.6 Å². The Kier molecular flexibility index (Phi) is 7.69. The standard InChI is InChI=1S/C24H29F6N5O2/c1-22(2,3)18(21(37)31-4)33-20(36)17-16-12-34(5)7-6-8-35(16)19(32-17)13-9-14(23(25,26)27)11-15(10-13)24(28,29)30/h9-11,18H,6-8,12H2,1-5H3,(H,31,37)(H,33,36)/t18-/m1/s1. The van der Waals surface area contributed by atoms with E-state index < -0.39 is 52.3 Å². The maximum Gasteiger partial charge on any atom is 0.416 e. The Morgan fingerprint density at radius 1 is 0.973 bits per heavy atom. The number of rotatable bonds is 4. The second-order valence-corrected chi connectivity index (χ2v) is 10.2. The molecule has 0 saturated heterocycles. The van der Waals surface area contributed by atoms with E-state index in [1.54, 1.807) is 27.8 Å². The summed E-state index contributed by atoms with van der Waals surface area (Å²) in [5.74, 6) is -1.40. The maximum atomic E-state index is 13.5. The monoisotopic (exact) mass is 533 g/mol. The molecule has 0 spiro atoms. The number of carbonyl (C=O) groups is 2. The summed E-state index contributed by atoms with van der Waals surface area (Å²) in [6.07, 6.45) is -9.53. The minimum atomic E-state index is -5.03. The van der Waals surface area contributed by atoms with Crippen LogP contribution in [0.5, 0.6) is 0 Å². The molecule has 1 aliphatic rings. The minimum Gasteiger partial charge on any atom is -0.357 e. The lowest BCUT2D eigenvalue weighted by Crippen LogP contribution is -2.53. The van der Waals surface area contributed by atoms with Crippen LogP contribution < -0.4 is 10.6 Å².